The Balaban J connectivity index is 1.76. The first kappa shape index (κ1) is 23.6. The Bertz CT molecular complexity index is 1230. The second-order valence-corrected chi connectivity index (χ2v) is 9.51. The number of halogens is 1. The van der Waals surface area contributed by atoms with Crippen LogP contribution >= 0.6 is 11.6 Å². The lowest BCUT2D eigenvalue weighted by atomic mass is 10.1. The Morgan fingerprint density at radius 2 is 1.72 bits per heavy atom. The first-order valence-corrected chi connectivity index (χ1v) is 11.9. The number of sulfonamides is 1. The van der Waals surface area contributed by atoms with Crippen LogP contribution in [0.1, 0.15) is 27.0 Å². The van der Waals surface area contributed by atoms with E-state index in [0.717, 1.165) is 16.9 Å². The van der Waals surface area contributed by atoms with Crippen molar-refractivity contribution in [2.24, 2.45) is 0 Å². The van der Waals surface area contributed by atoms with Crippen molar-refractivity contribution in [1.82, 2.24) is 5.32 Å². The zero-order valence-electron chi connectivity index (χ0n) is 18.1. The average molecular weight is 473 g/mol. The minimum atomic E-state index is -3.91. The van der Waals surface area contributed by atoms with Crippen LogP contribution in [0.3, 0.4) is 0 Å². The molecule has 0 aromatic heterocycles. The summed E-state index contributed by atoms with van der Waals surface area (Å²) in [5, 5.41) is 3.15. The second-order valence-electron chi connectivity index (χ2n) is 7.42. The molecule has 0 aliphatic rings. The molecule has 3 rings (SSSR count). The van der Waals surface area contributed by atoms with E-state index in [9.17, 15) is 13.2 Å². The Kier molecular flexibility index (Phi) is 7.43. The Morgan fingerprint density at radius 3 is 2.41 bits per heavy atom. The van der Waals surface area contributed by atoms with E-state index in [1.807, 2.05) is 37.3 Å². The van der Waals surface area contributed by atoms with Gasteiger partial charge in [-0.05, 0) is 73.4 Å². The number of hydrogen-bond donors (Lipinski definition) is 2. The molecule has 2 N–H and O–H groups in total. The molecule has 0 atom stereocenters. The van der Waals surface area contributed by atoms with Crippen molar-refractivity contribution >= 4 is 33.2 Å². The molecule has 8 heteroatoms. The van der Waals surface area contributed by atoms with Crippen LogP contribution in [0.2, 0.25) is 5.02 Å². The van der Waals surface area contributed by atoms with E-state index < -0.39 is 15.9 Å². The van der Waals surface area contributed by atoms with Crippen molar-refractivity contribution in [2.75, 3.05) is 18.4 Å². The molecular weight excluding hydrogens is 448 g/mol. The zero-order valence-corrected chi connectivity index (χ0v) is 19.7. The molecule has 0 aliphatic carbocycles. The van der Waals surface area contributed by atoms with E-state index in [0.29, 0.717) is 23.6 Å². The fraction of sp³-hybridized carbons (Fsp3) is 0.208. The number of nitrogens with one attached hydrogen (secondary N) is 2. The number of amides is 1. The van der Waals surface area contributed by atoms with Gasteiger partial charge in [-0.3, -0.25) is 9.52 Å². The first-order chi connectivity index (χ1) is 15.2. The van der Waals surface area contributed by atoms with E-state index in [1.54, 1.807) is 32.2 Å². The maximum absolute atomic E-state index is 13.0. The van der Waals surface area contributed by atoms with E-state index in [2.05, 4.69) is 10.0 Å². The molecule has 1 amide bonds. The summed E-state index contributed by atoms with van der Waals surface area (Å²) in [7, 11) is -2.31. The van der Waals surface area contributed by atoms with Gasteiger partial charge in [0, 0.05) is 11.6 Å². The fourth-order valence-electron chi connectivity index (χ4n) is 3.20. The van der Waals surface area contributed by atoms with Crippen LogP contribution in [0.25, 0.3) is 0 Å². The molecule has 6 nitrogen and oxygen atoms in total. The third-order valence-electron chi connectivity index (χ3n) is 4.96. The summed E-state index contributed by atoms with van der Waals surface area (Å²) in [6.45, 7) is 3.93. The van der Waals surface area contributed by atoms with E-state index >= 15 is 0 Å². The lowest BCUT2D eigenvalue weighted by molar-refractivity contribution is 0.0955. The smallest absolute Gasteiger partial charge is 0.262 e. The molecule has 0 saturated heterocycles. The molecule has 0 saturated carbocycles. The largest absolute Gasteiger partial charge is 0.497 e. The van der Waals surface area contributed by atoms with Crippen LogP contribution in [-0.2, 0) is 16.4 Å². The summed E-state index contributed by atoms with van der Waals surface area (Å²) in [4.78, 5) is 13.0. The van der Waals surface area contributed by atoms with Crippen molar-refractivity contribution < 1.29 is 17.9 Å². The number of aryl methyl sites for hydroxylation is 2. The van der Waals surface area contributed by atoms with Gasteiger partial charge < -0.3 is 10.1 Å². The standard InChI is InChI=1S/C24H25ClN2O4S/c1-16-4-5-17(2)23(14-16)32(29,30)27-22-15-19(25)8-11-21(22)24(28)26-13-12-18-6-9-20(31-3)10-7-18/h4-11,14-15,27H,12-13H2,1-3H3,(H,26,28). The number of methoxy groups -OCH3 is 1. The normalized spacial score (nSPS) is 11.1. The van der Waals surface area contributed by atoms with E-state index in [4.69, 9.17) is 16.3 Å². The van der Waals surface area contributed by atoms with Gasteiger partial charge in [-0.25, -0.2) is 8.42 Å². The predicted molar refractivity (Wildman–Crippen MR) is 127 cm³/mol. The Hall–Kier alpha value is -3.03. The summed E-state index contributed by atoms with van der Waals surface area (Å²) >= 11 is 6.09. The highest BCUT2D eigenvalue weighted by molar-refractivity contribution is 7.92. The van der Waals surface area contributed by atoms with E-state index in [-0.39, 0.29) is 16.1 Å². The zero-order chi connectivity index (χ0) is 23.3. The van der Waals surface area contributed by atoms with Crippen LogP contribution in [0.15, 0.2) is 65.6 Å². The molecule has 0 bridgehead atoms. The number of anilines is 1. The highest BCUT2D eigenvalue weighted by Gasteiger charge is 2.21. The molecule has 0 heterocycles. The van der Waals surface area contributed by atoms with Gasteiger partial charge in [0.1, 0.15) is 5.75 Å². The molecule has 168 valence electrons. The van der Waals surface area contributed by atoms with Crippen molar-refractivity contribution in [2.45, 2.75) is 25.2 Å². The van der Waals surface area contributed by atoms with Crippen LogP contribution in [0.4, 0.5) is 5.69 Å². The molecule has 0 aliphatic heterocycles. The van der Waals surface area contributed by atoms with Crippen LogP contribution in [0, 0.1) is 13.8 Å². The summed E-state index contributed by atoms with van der Waals surface area (Å²) < 4.78 is 33.7. The third kappa shape index (κ3) is 5.81. The summed E-state index contributed by atoms with van der Waals surface area (Å²) in [5.74, 6) is 0.369. The van der Waals surface area contributed by atoms with Crippen LogP contribution in [-0.4, -0.2) is 28.0 Å². The molecular formula is C24H25ClN2O4S. The summed E-state index contributed by atoms with van der Waals surface area (Å²) in [6, 6.07) is 17.2. The molecule has 0 spiro atoms. The predicted octanol–water partition coefficient (Wildman–Crippen LogP) is 4.74. The van der Waals surface area contributed by atoms with Crippen molar-refractivity contribution in [3.8, 4) is 5.75 Å². The molecule has 3 aromatic rings. The maximum Gasteiger partial charge on any atom is 0.262 e. The van der Waals surface area contributed by atoms with Crippen molar-refractivity contribution in [3.63, 3.8) is 0 Å². The maximum atomic E-state index is 13.0. The van der Waals surface area contributed by atoms with Gasteiger partial charge in [-0.1, -0.05) is 35.9 Å². The van der Waals surface area contributed by atoms with Crippen molar-refractivity contribution in [1.29, 1.82) is 0 Å². The first-order valence-electron chi connectivity index (χ1n) is 10.0. The van der Waals surface area contributed by atoms with Gasteiger partial charge in [-0.2, -0.15) is 0 Å². The van der Waals surface area contributed by atoms with Crippen LogP contribution < -0.4 is 14.8 Å². The monoisotopic (exact) mass is 472 g/mol. The Morgan fingerprint density at radius 1 is 1.00 bits per heavy atom. The topological polar surface area (TPSA) is 84.5 Å². The summed E-state index contributed by atoms with van der Waals surface area (Å²) in [5.41, 5.74) is 2.78. The minimum Gasteiger partial charge on any atom is -0.497 e. The van der Waals surface area contributed by atoms with Gasteiger partial charge in [0.05, 0.1) is 23.3 Å². The number of benzene rings is 3. The van der Waals surface area contributed by atoms with Gasteiger partial charge in [0.15, 0.2) is 0 Å². The number of carbonyl (C=O) groups excluding carboxylic acids is 1. The van der Waals surface area contributed by atoms with Gasteiger partial charge >= 0.3 is 0 Å². The highest BCUT2D eigenvalue weighted by atomic mass is 35.5. The minimum absolute atomic E-state index is 0.125. The quantitative estimate of drug-likeness (QED) is 0.496. The lowest BCUT2D eigenvalue weighted by Crippen LogP contribution is -2.27. The lowest BCUT2D eigenvalue weighted by Gasteiger charge is -2.15. The highest BCUT2D eigenvalue weighted by Crippen LogP contribution is 2.26. The molecule has 0 radical (unpaired) electrons. The van der Waals surface area contributed by atoms with Crippen molar-refractivity contribution in [3.05, 3.63) is 87.9 Å². The Labute approximate surface area is 193 Å². The van der Waals surface area contributed by atoms with Gasteiger partial charge in [0.2, 0.25) is 0 Å². The number of hydrogen-bond acceptors (Lipinski definition) is 4. The molecule has 3 aromatic carbocycles. The SMILES string of the molecule is COc1ccc(CCNC(=O)c2ccc(Cl)cc2NS(=O)(=O)c2cc(C)ccc2C)cc1. The average Bonchev–Trinajstić information content (AvgIpc) is 2.75. The fourth-order valence-corrected chi connectivity index (χ4v) is 4.78. The molecule has 0 unspecified atom stereocenters. The van der Waals surface area contributed by atoms with Gasteiger partial charge in [-0.15, -0.1) is 0 Å². The van der Waals surface area contributed by atoms with Gasteiger partial charge in [0.25, 0.3) is 15.9 Å². The summed E-state index contributed by atoms with van der Waals surface area (Å²) in [6.07, 6.45) is 0.618. The second kappa shape index (κ2) is 10.1. The number of ether oxygens (including phenoxy) is 1. The number of rotatable bonds is 8. The third-order valence-corrected chi connectivity index (χ3v) is 6.70. The molecule has 0 fully saturated rings. The number of carbonyl (C=O) groups is 1. The van der Waals surface area contributed by atoms with E-state index in [1.165, 1.54) is 12.1 Å². The molecule has 32 heavy (non-hydrogen) atoms. The van der Waals surface area contributed by atoms with Crippen LogP contribution in [0.5, 0.6) is 5.75 Å².